The number of hydrogen-bond donors (Lipinski definition) is 2. The first-order valence-corrected chi connectivity index (χ1v) is 18.4. The average Bonchev–Trinajstić information content (AvgIpc) is 3.16. The highest BCUT2D eigenvalue weighted by atomic mass is 79.9. The Bertz CT molecular complexity index is 2090. The number of nitrogens with zero attached hydrogens (tertiary/aromatic N) is 2. The van der Waals surface area contributed by atoms with E-state index in [4.69, 9.17) is 21.4 Å². The van der Waals surface area contributed by atoms with Crippen molar-refractivity contribution >= 4 is 74.2 Å². The maximum Gasteiger partial charge on any atom is 0.335 e. The monoisotopic (exact) mass is 809 g/mol. The van der Waals surface area contributed by atoms with E-state index in [-0.39, 0.29) is 39.6 Å². The number of carbonyl (C=O) groups excluding carboxylic acids is 3. The molecule has 0 aromatic heterocycles. The zero-order valence-electron chi connectivity index (χ0n) is 28.4. The molecule has 0 spiro atoms. The fraction of sp³-hybridized carbons (Fsp3) is 0.0976. The molecule has 0 bridgehead atoms. The summed E-state index contributed by atoms with van der Waals surface area (Å²) in [7, 11) is 0. The van der Waals surface area contributed by atoms with Gasteiger partial charge in [-0.15, -0.1) is 0 Å². The summed E-state index contributed by atoms with van der Waals surface area (Å²) in [5, 5.41) is 12.5. The smallest absolute Gasteiger partial charge is 0.335 e. The second-order valence-corrected chi connectivity index (χ2v) is 13.6. The lowest BCUT2D eigenvalue weighted by atomic mass is 9.99. The van der Waals surface area contributed by atoms with Gasteiger partial charge in [0.1, 0.15) is 12.2 Å². The van der Waals surface area contributed by atoms with Gasteiger partial charge in [-0.3, -0.25) is 19.3 Å². The molecule has 0 aliphatic carbocycles. The highest BCUT2D eigenvalue weighted by Crippen LogP contribution is 2.36. The number of carbonyl (C=O) groups is 4. The van der Waals surface area contributed by atoms with Crippen molar-refractivity contribution in [2.24, 2.45) is 4.99 Å². The minimum atomic E-state index is -1.03. The quantitative estimate of drug-likeness (QED) is 0.0786. The van der Waals surface area contributed by atoms with E-state index in [1.54, 1.807) is 55.5 Å². The number of nitrogens with one attached hydrogen (secondary N) is 1. The summed E-state index contributed by atoms with van der Waals surface area (Å²) >= 11 is 11.0. The number of aliphatic imine (C=N–C) groups is 1. The molecule has 5 rings (SSSR count). The van der Waals surface area contributed by atoms with E-state index in [0.29, 0.717) is 21.5 Å². The largest absolute Gasteiger partial charge is 0.486 e. The van der Waals surface area contributed by atoms with E-state index in [1.165, 1.54) is 23.1 Å². The highest BCUT2D eigenvalue weighted by molar-refractivity contribution is 9.10. The molecule has 12 heteroatoms. The SMILES string of the molecule is C=C/C=C\C(=C/C)N1C(=O)/C(=C/c2cc(Cl)c(OCc3ccc(C(=O)O)cc3)c(Br)c2)C(=O)N=C1SCC(=O)NC(c1ccccc1)c1ccccc1. The fourth-order valence-electron chi connectivity index (χ4n) is 5.26. The summed E-state index contributed by atoms with van der Waals surface area (Å²) in [5.41, 5.74) is 3.32. The third kappa shape index (κ3) is 9.89. The molecule has 0 radical (unpaired) electrons. The molecule has 0 saturated heterocycles. The lowest BCUT2D eigenvalue weighted by molar-refractivity contribution is -0.126. The lowest BCUT2D eigenvalue weighted by Crippen LogP contribution is -2.42. The van der Waals surface area contributed by atoms with Crippen LogP contribution in [-0.2, 0) is 21.0 Å². The number of halogens is 2. The van der Waals surface area contributed by atoms with E-state index in [0.717, 1.165) is 28.5 Å². The molecule has 4 aromatic carbocycles. The molecule has 268 valence electrons. The summed E-state index contributed by atoms with van der Waals surface area (Å²) in [5.74, 6) is -2.57. The van der Waals surface area contributed by atoms with Gasteiger partial charge in [-0.05, 0) is 81.5 Å². The summed E-state index contributed by atoms with van der Waals surface area (Å²) in [6, 6.07) is 28.2. The molecule has 2 N–H and O–H groups in total. The normalized spacial score (nSPS) is 14.1. The Morgan fingerprint density at radius 3 is 2.23 bits per heavy atom. The lowest BCUT2D eigenvalue weighted by Gasteiger charge is -2.28. The number of rotatable bonds is 13. The zero-order chi connectivity index (χ0) is 37.9. The summed E-state index contributed by atoms with van der Waals surface area (Å²) in [4.78, 5) is 57.7. The molecule has 0 unspecified atom stereocenters. The van der Waals surface area contributed by atoms with Crippen LogP contribution in [0.5, 0.6) is 5.75 Å². The van der Waals surface area contributed by atoms with Crippen LogP contribution >= 0.6 is 39.3 Å². The van der Waals surface area contributed by atoms with Crippen LogP contribution in [0.15, 0.2) is 149 Å². The second kappa shape index (κ2) is 18.3. The van der Waals surface area contributed by atoms with Crippen LogP contribution < -0.4 is 10.1 Å². The number of thioether (sulfide) groups is 1. The van der Waals surface area contributed by atoms with E-state index in [1.807, 2.05) is 60.7 Å². The van der Waals surface area contributed by atoms with Crippen LogP contribution in [0.1, 0.15) is 45.6 Å². The number of ether oxygens (including phenoxy) is 1. The second-order valence-electron chi connectivity index (χ2n) is 11.4. The number of aromatic carboxylic acids is 1. The maximum atomic E-state index is 14.1. The van der Waals surface area contributed by atoms with Crippen LogP contribution in [0.25, 0.3) is 6.08 Å². The van der Waals surface area contributed by atoms with E-state index in [2.05, 4.69) is 32.8 Å². The van der Waals surface area contributed by atoms with Gasteiger partial charge in [0.2, 0.25) is 5.91 Å². The van der Waals surface area contributed by atoms with Crippen molar-refractivity contribution in [2.45, 2.75) is 19.6 Å². The number of carboxylic acid groups (broad SMARTS) is 1. The Morgan fingerprint density at radius 2 is 1.66 bits per heavy atom. The standard InChI is InChI=1S/C41H33BrClN3O6S/c1-3-5-16-31(4-2)46-39(49)32(21-27-22-33(42)37(34(43)23-27)52-24-26-17-19-30(20-18-26)40(50)51)38(48)45-41(46)53-25-35(47)44-36(28-12-8-6-9-13-28)29-14-10-7-11-15-29/h3-23,36H,1,24-25H2,2H3,(H,44,47)(H,50,51)/b16-5-,31-4+,32-21+. The molecule has 3 amide bonds. The number of allylic oxidation sites excluding steroid dienone is 4. The molecule has 0 fully saturated rings. The summed E-state index contributed by atoms with van der Waals surface area (Å²) in [6.45, 7) is 5.57. The van der Waals surface area contributed by atoms with Gasteiger partial charge in [0.05, 0.1) is 26.9 Å². The van der Waals surface area contributed by atoms with Crippen molar-refractivity contribution in [3.05, 3.63) is 177 Å². The number of amides is 3. The third-order valence-electron chi connectivity index (χ3n) is 7.83. The van der Waals surface area contributed by atoms with E-state index in [9.17, 15) is 19.2 Å². The zero-order valence-corrected chi connectivity index (χ0v) is 31.5. The van der Waals surface area contributed by atoms with Crippen LogP contribution in [0.3, 0.4) is 0 Å². The molecule has 9 nitrogen and oxygen atoms in total. The molecule has 53 heavy (non-hydrogen) atoms. The van der Waals surface area contributed by atoms with Crippen molar-refractivity contribution in [2.75, 3.05) is 5.75 Å². The van der Waals surface area contributed by atoms with Gasteiger partial charge >= 0.3 is 5.97 Å². The predicted octanol–water partition coefficient (Wildman–Crippen LogP) is 8.77. The molecule has 4 aromatic rings. The maximum absolute atomic E-state index is 14.1. The molecular weight excluding hydrogens is 778 g/mol. The predicted molar refractivity (Wildman–Crippen MR) is 213 cm³/mol. The van der Waals surface area contributed by atoms with Crippen LogP contribution in [0.2, 0.25) is 5.02 Å². The highest BCUT2D eigenvalue weighted by Gasteiger charge is 2.35. The van der Waals surface area contributed by atoms with Gasteiger partial charge in [-0.1, -0.05) is 121 Å². The number of carboxylic acids is 1. The van der Waals surface area contributed by atoms with Crippen molar-refractivity contribution in [1.29, 1.82) is 0 Å². The first-order valence-electron chi connectivity index (χ1n) is 16.2. The van der Waals surface area contributed by atoms with Gasteiger partial charge in [0, 0.05) is 5.70 Å². The van der Waals surface area contributed by atoms with Crippen molar-refractivity contribution in [3.8, 4) is 5.75 Å². The minimum absolute atomic E-state index is 0.0458. The molecule has 1 heterocycles. The van der Waals surface area contributed by atoms with Gasteiger partial charge in [-0.25, -0.2) is 4.79 Å². The Balaban J connectivity index is 1.38. The third-order valence-corrected chi connectivity index (χ3v) is 9.64. The molecule has 0 saturated carbocycles. The molecular formula is C41H33BrClN3O6S. The number of amidine groups is 1. The van der Waals surface area contributed by atoms with Gasteiger partial charge < -0.3 is 15.2 Å². The van der Waals surface area contributed by atoms with Crippen molar-refractivity contribution in [1.82, 2.24) is 10.2 Å². The first-order chi connectivity index (χ1) is 25.6. The van der Waals surface area contributed by atoms with Crippen LogP contribution in [-0.4, -0.2) is 44.6 Å². The topological polar surface area (TPSA) is 125 Å². The van der Waals surface area contributed by atoms with Crippen LogP contribution in [0, 0.1) is 0 Å². The molecule has 0 atom stereocenters. The Labute approximate surface area is 324 Å². The molecule has 1 aliphatic rings. The van der Waals surface area contributed by atoms with Crippen molar-refractivity contribution < 1.29 is 29.0 Å². The Morgan fingerprint density at radius 1 is 1.02 bits per heavy atom. The molecule has 1 aliphatic heterocycles. The van der Waals surface area contributed by atoms with Crippen LogP contribution in [0.4, 0.5) is 0 Å². The first kappa shape index (κ1) is 38.7. The number of hydrogen-bond acceptors (Lipinski definition) is 6. The van der Waals surface area contributed by atoms with E-state index < -0.39 is 23.8 Å². The fourth-order valence-corrected chi connectivity index (χ4v) is 7.06. The summed E-state index contributed by atoms with van der Waals surface area (Å²) in [6.07, 6.45) is 7.95. The summed E-state index contributed by atoms with van der Waals surface area (Å²) < 4.78 is 6.37. The average molecular weight is 811 g/mol. The number of benzene rings is 4. The van der Waals surface area contributed by atoms with Crippen molar-refractivity contribution in [3.63, 3.8) is 0 Å². The van der Waals surface area contributed by atoms with E-state index >= 15 is 0 Å². The Hall–Kier alpha value is -5.49. The minimum Gasteiger partial charge on any atom is -0.486 e. The van der Waals surface area contributed by atoms with Gasteiger partial charge in [0.25, 0.3) is 11.8 Å². The van der Waals surface area contributed by atoms with Gasteiger partial charge in [0.15, 0.2) is 10.9 Å². The van der Waals surface area contributed by atoms with Gasteiger partial charge in [-0.2, -0.15) is 4.99 Å². The Kier molecular flexibility index (Phi) is 13.4.